The highest BCUT2D eigenvalue weighted by molar-refractivity contribution is 7.86. The molecule has 0 aliphatic rings. The SMILES string of the molecule is NC(=O)C=Cc1ccccc1S(=O)(=O)F. The van der Waals surface area contributed by atoms with Gasteiger partial charge in [0.2, 0.25) is 5.91 Å². The lowest BCUT2D eigenvalue weighted by molar-refractivity contribution is -0.113. The van der Waals surface area contributed by atoms with E-state index in [2.05, 4.69) is 0 Å². The van der Waals surface area contributed by atoms with Crippen LogP contribution in [-0.2, 0) is 15.0 Å². The topological polar surface area (TPSA) is 77.2 Å². The minimum atomic E-state index is -4.78. The van der Waals surface area contributed by atoms with Gasteiger partial charge >= 0.3 is 10.2 Å². The number of halogens is 1. The standard InChI is InChI=1S/C9H8FNO3S/c10-15(13,14)8-4-2-1-3-7(8)5-6-9(11)12/h1-6H,(H2,11,12). The molecule has 1 amide bonds. The van der Waals surface area contributed by atoms with Gasteiger partial charge in [0.1, 0.15) is 4.90 Å². The van der Waals surface area contributed by atoms with Crippen LogP contribution < -0.4 is 5.73 Å². The Morgan fingerprint density at radius 1 is 1.33 bits per heavy atom. The molecule has 0 unspecified atom stereocenters. The van der Waals surface area contributed by atoms with Gasteiger partial charge in [-0.15, -0.1) is 3.89 Å². The third-order valence-electron chi connectivity index (χ3n) is 1.61. The zero-order valence-corrected chi connectivity index (χ0v) is 8.37. The summed E-state index contributed by atoms with van der Waals surface area (Å²) >= 11 is 0. The summed E-state index contributed by atoms with van der Waals surface area (Å²) in [6.07, 6.45) is 2.11. The molecule has 1 aromatic rings. The highest BCUT2D eigenvalue weighted by Crippen LogP contribution is 2.18. The van der Waals surface area contributed by atoms with Crippen LogP contribution in [0.2, 0.25) is 0 Å². The number of amides is 1. The molecule has 0 radical (unpaired) electrons. The van der Waals surface area contributed by atoms with Gasteiger partial charge in [-0.1, -0.05) is 18.2 Å². The summed E-state index contributed by atoms with van der Waals surface area (Å²) < 4.78 is 34.1. The highest BCUT2D eigenvalue weighted by Gasteiger charge is 2.14. The Hall–Kier alpha value is -1.69. The average molecular weight is 229 g/mol. The molecule has 0 saturated heterocycles. The van der Waals surface area contributed by atoms with Crippen molar-refractivity contribution in [3.05, 3.63) is 35.9 Å². The Labute approximate surface area is 86.4 Å². The predicted octanol–water partition coefficient (Wildman–Crippen LogP) is 0.843. The Morgan fingerprint density at radius 2 is 1.93 bits per heavy atom. The second kappa shape index (κ2) is 4.22. The lowest BCUT2D eigenvalue weighted by Crippen LogP contribution is -2.05. The number of nitrogens with two attached hydrogens (primary N) is 1. The summed E-state index contributed by atoms with van der Waals surface area (Å²) in [5.41, 5.74) is 4.91. The Bertz CT molecular complexity index is 508. The third-order valence-corrected chi connectivity index (χ3v) is 2.51. The summed E-state index contributed by atoms with van der Waals surface area (Å²) in [6.45, 7) is 0. The van der Waals surface area contributed by atoms with Crippen LogP contribution in [-0.4, -0.2) is 14.3 Å². The van der Waals surface area contributed by atoms with Crippen LogP contribution in [0, 0.1) is 0 Å². The van der Waals surface area contributed by atoms with Gasteiger partial charge in [0.15, 0.2) is 0 Å². The summed E-state index contributed by atoms with van der Waals surface area (Å²) in [5.74, 6) is -0.735. The van der Waals surface area contributed by atoms with E-state index in [0.29, 0.717) is 0 Å². The molecule has 0 aliphatic carbocycles. The zero-order chi connectivity index (χ0) is 11.5. The maximum atomic E-state index is 12.7. The van der Waals surface area contributed by atoms with E-state index >= 15 is 0 Å². The van der Waals surface area contributed by atoms with E-state index in [-0.39, 0.29) is 5.56 Å². The minimum absolute atomic E-state index is 0.0822. The largest absolute Gasteiger partial charge is 0.366 e. The van der Waals surface area contributed by atoms with Gasteiger partial charge in [-0.3, -0.25) is 4.79 Å². The zero-order valence-electron chi connectivity index (χ0n) is 7.55. The molecule has 1 rings (SSSR count). The molecule has 1 aromatic carbocycles. The fourth-order valence-electron chi connectivity index (χ4n) is 1.01. The van der Waals surface area contributed by atoms with Gasteiger partial charge in [-0.2, -0.15) is 8.42 Å². The molecule has 0 saturated carbocycles. The van der Waals surface area contributed by atoms with Crippen molar-refractivity contribution in [3.8, 4) is 0 Å². The molecule has 0 fully saturated rings. The number of primary amides is 1. The van der Waals surface area contributed by atoms with Crippen molar-refractivity contribution in [3.63, 3.8) is 0 Å². The normalized spacial score (nSPS) is 11.8. The molecule has 6 heteroatoms. The number of carbonyl (C=O) groups excluding carboxylic acids is 1. The van der Waals surface area contributed by atoms with E-state index in [1.807, 2.05) is 0 Å². The smallest absolute Gasteiger partial charge is 0.332 e. The molecule has 0 aromatic heterocycles. The van der Waals surface area contributed by atoms with Gasteiger partial charge in [-0.25, -0.2) is 0 Å². The summed E-state index contributed by atoms with van der Waals surface area (Å²) in [7, 11) is -4.78. The minimum Gasteiger partial charge on any atom is -0.366 e. The predicted molar refractivity (Wildman–Crippen MR) is 53.0 cm³/mol. The lowest BCUT2D eigenvalue weighted by atomic mass is 10.2. The molecule has 0 spiro atoms. The summed E-state index contributed by atoms with van der Waals surface area (Å²) in [5, 5.41) is 0. The Morgan fingerprint density at radius 3 is 2.47 bits per heavy atom. The van der Waals surface area contributed by atoms with E-state index in [1.54, 1.807) is 0 Å². The number of benzene rings is 1. The van der Waals surface area contributed by atoms with Crippen LogP contribution in [0.3, 0.4) is 0 Å². The van der Waals surface area contributed by atoms with Gasteiger partial charge in [-0.05, 0) is 17.7 Å². The molecule has 0 aliphatic heterocycles. The van der Waals surface area contributed by atoms with Crippen molar-refractivity contribution in [2.24, 2.45) is 5.73 Å². The third kappa shape index (κ3) is 3.17. The number of hydrogen-bond acceptors (Lipinski definition) is 3. The maximum Gasteiger partial charge on any atom is 0.332 e. The van der Waals surface area contributed by atoms with Crippen LogP contribution >= 0.6 is 0 Å². The molecule has 0 heterocycles. The molecule has 15 heavy (non-hydrogen) atoms. The van der Waals surface area contributed by atoms with Gasteiger partial charge in [0.25, 0.3) is 0 Å². The average Bonchev–Trinajstić information content (AvgIpc) is 2.13. The van der Waals surface area contributed by atoms with E-state index in [0.717, 1.165) is 18.2 Å². The van der Waals surface area contributed by atoms with Crippen molar-refractivity contribution in [2.75, 3.05) is 0 Å². The fraction of sp³-hybridized carbons (Fsp3) is 0. The molecular weight excluding hydrogens is 221 g/mol. The van der Waals surface area contributed by atoms with Crippen molar-refractivity contribution in [2.45, 2.75) is 4.90 Å². The van der Waals surface area contributed by atoms with E-state index in [9.17, 15) is 17.1 Å². The van der Waals surface area contributed by atoms with E-state index in [4.69, 9.17) is 5.73 Å². The number of hydrogen-bond donors (Lipinski definition) is 1. The van der Waals surface area contributed by atoms with Crippen LogP contribution in [0.15, 0.2) is 35.2 Å². The van der Waals surface area contributed by atoms with E-state index < -0.39 is 21.0 Å². The van der Waals surface area contributed by atoms with Gasteiger partial charge < -0.3 is 5.73 Å². The first kappa shape index (κ1) is 11.4. The van der Waals surface area contributed by atoms with Crippen molar-refractivity contribution < 1.29 is 17.1 Å². The first-order valence-electron chi connectivity index (χ1n) is 3.92. The number of rotatable bonds is 3. The Kier molecular flexibility index (Phi) is 3.21. The van der Waals surface area contributed by atoms with Crippen LogP contribution in [0.4, 0.5) is 3.89 Å². The van der Waals surface area contributed by atoms with E-state index in [1.165, 1.54) is 18.2 Å². The molecule has 0 atom stereocenters. The second-order valence-corrected chi connectivity index (χ2v) is 4.03. The molecule has 80 valence electrons. The lowest BCUT2D eigenvalue weighted by Gasteiger charge is -1.99. The van der Waals surface area contributed by atoms with Crippen molar-refractivity contribution in [1.29, 1.82) is 0 Å². The quantitative estimate of drug-likeness (QED) is 0.616. The molecule has 0 bridgehead atoms. The molecular formula is C9H8FNO3S. The maximum absolute atomic E-state index is 12.7. The first-order chi connectivity index (χ1) is 6.91. The Balaban J connectivity index is 3.25. The summed E-state index contributed by atoms with van der Waals surface area (Å²) in [6, 6.07) is 5.38. The first-order valence-corrected chi connectivity index (χ1v) is 5.31. The van der Waals surface area contributed by atoms with Crippen LogP contribution in [0.5, 0.6) is 0 Å². The summed E-state index contributed by atoms with van der Waals surface area (Å²) in [4.78, 5) is 9.94. The highest BCUT2D eigenvalue weighted by atomic mass is 32.3. The van der Waals surface area contributed by atoms with Gasteiger partial charge in [0, 0.05) is 6.08 Å². The van der Waals surface area contributed by atoms with Crippen molar-refractivity contribution in [1.82, 2.24) is 0 Å². The monoisotopic (exact) mass is 229 g/mol. The molecule has 4 nitrogen and oxygen atoms in total. The van der Waals surface area contributed by atoms with Crippen LogP contribution in [0.1, 0.15) is 5.56 Å². The van der Waals surface area contributed by atoms with Gasteiger partial charge in [0.05, 0.1) is 0 Å². The fourth-order valence-corrected chi connectivity index (χ4v) is 1.67. The molecule has 2 N–H and O–H groups in total. The van der Waals surface area contributed by atoms with Crippen LogP contribution in [0.25, 0.3) is 6.08 Å². The second-order valence-electron chi connectivity index (χ2n) is 2.71. The number of carbonyl (C=O) groups is 1. The van der Waals surface area contributed by atoms with Crippen molar-refractivity contribution >= 4 is 22.2 Å².